The molecule has 5 aliphatic rings. The normalized spacial score (nSPS) is 25.8. The summed E-state index contributed by atoms with van der Waals surface area (Å²) in [6.45, 7) is 5.03. The Morgan fingerprint density at radius 3 is 2.61 bits per heavy atom. The zero-order valence-corrected chi connectivity index (χ0v) is 35.9. The fourth-order valence-electron chi connectivity index (χ4n) is 11.0. The summed E-state index contributed by atoms with van der Waals surface area (Å²) in [6, 6.07) is 6.91. The number of amides is 3. The Kier molecular flexibility index (Phi) is 11.4. The van der Waals surface area contributed by atoms with Gasteiger partial charge >= 0.3 is 5.69 Å². The molecule has 5 aromatic rings. The van der Waals surface area contributed by atoms with Crippen molar-refractivity contribution >= 4 is 40.1 Å². The average molecular weight is 879 g/mol. The number of nitrogens with one attached hydrogen (secondary N) is 2. The fraction of sp³-hybridized carbons (Fsp3) is 0.543. The highest BCUT2D eigenvalue weighted by Crippen LogP contribution is 2.45. The number of aryl methyl sites for hydroxylation is 1. The predicted octanol–water partition coefficient (Wildman–Crippen LogP) is 5.29. The second-order valence-corrected chi connectivity index (χ2v) is 18.1. The number of likely N-dealkylation sites (tertiary alicyclic amines) is 1. The highest BCUT2D eigenvalue weighted by molar-refractivity contribution is 6.08. The van der Waals surface area contributed by atoms with Crippen molar-refractivity contribution in [3.8, 4) is 11.8 Å². The van der Waals surface area contributed by atoms with Gasteiger partial charge in [-0.05, 0) is 94.7 Å². The second-order valence-electron chi connectivity index (χ2n) is 18.1. The number of carbonyl (C=O) groups excluding carboxylic acids is 3. The van der Waals surface area contributed by atoms with E-state index in [1.165, 1.54) is 19.8 Å². The molecule has 2 bridgehead atoms. The first-order valence-corrected chi connectivity index (χ1v) is 22.5. The van der Waals surface area contributed by atoms with E-state index in [-0.39, 0.29) is 66.5 Å². The van der Waals surface area contributed by atoms with Crippen LogP contribution in [0.25, 0.3) is 16.7 Å². The standard InChI is InChI=1S/C46H52F2N10O6/c1-26(55-17-14-31(15-18-55)63-20-4-6-28-5-3-7-37-41(28)54(2)46(62)58(37)38-12-13-39(59)52-45(38)61)27-8-10-30(11-9-27)57-24-36(40(53-57)42(47)48)51-44(60)34-23-49-56-19-16-35(50-43(34)56)33-22-32-21-29(33)25-64-32/h3,5,7,16,19,23-24,26-27,29-33,38,42H,8-15,17-18,20-22,25H2,1-2H3,(H,51,60)(H,52,59,61)/t26?,27?,29-,30?,32?,33?,38?/m1/s1. The van der Waals surface area contributed by atoms with Gasteiger partial charge in [0.15, 0.2) is 11.3 Å². The summed E-state index contributed by atoms with van der Waals surface area (Å²) in [5.41, 5.74) is 2.60. The second kappa shape index (κ2) is 17.3. The van der Waals surface area contributed by atoms with Crippen LogP contribution in [0.2, 0.25) is 0 Å². The molecule has 3 aliphatic heterocycles. The van der Waals surface area contributed by atoms with Crippen molar-refractivity contribution in [2.24, 2.45) is 18.9 Å². The molecule has 2 N–H and O–H groups in total. The van der Waals surface area contributed by atoms with Crippen LogP contribution in [0.15, 0.2) is 47.7 Å². The molecule has 5 atom stereocenters. The van der Waals surface area contributed by atoms with Crippen molar-refractivity contribution in [2.75, 3.05) is 31.6 Å². The summed E-state index contributed by atoms with van der Waals surface area (Å²) in [6.07, 6.45) is 9.79. The van der Waals surface area contributed by atoms with E-state index >= 15 is 0 Å². The summed E-state index contributed by atoms with van der Waals surface area (Å²) in [5, 5.41) is 13.7. The minimum Gasteiger partial charge on any atom is -0.378 e. The number of imide groups is 1. The number of benzene rings is 1. The molecule has 7 heterocycles. The smallest absolute Gasteiger partial charge is 0.329 e. The Morgan fingerprint density at radius 1 is 1.06 bits per heavy atom. The number of carbonyl (C=O) groups is 3. The van der Waals surface area contributed by atoms with E-state index in [9.17, 15) is 28.0 Å². The summed E-state index contributed by atoms with van der Waals surface area (Å²) >= 11 is 0. The summed E-state index contributed by atoms with van der Waals surface area (Å²) in [5.74, 6) is 6.05. The summed E-state index contributed by atoms with van der Waals surface area (Å²) in [7, 11) is 1.66. The van der Waals surface area contributed by atoms with Crippen molar-refractivity contribution in [1.29, 1.82) is 0 Å². The lowest BCUT2D eigenvalue weighted by Crippen LogP contribution is -2.46. The molecule has 18 heteroatoms. The van der Waals surface area contributed by atoms with Crippen LogP contribution < -0.4 is 16.3 Å². The number of ether oxygens (including phenoxy) is 2. The number of nitrogens with zero attached hydrogens (tertiary/aromatic N) is 8. The maximum atomic E-state index is 14.3. The Balaban J connectivity index is 0.712. The Hall–Kier alpha value is -5.77. The number of piperidine rings is 2. The molecule has 1 aromatic carbocycles. The average Bonchev–Trinajstić information content (AvgIpc) is 4.15. The van der Waals surface area contributed by atoms with Crippen LogP contribution in [0.3, 0.4) is 0 Å². The zero-order valence-electron chi connectivity index (χ0n) is 35.9. The van der Waals surface area contributed by atoms with Gasteiger partial charge in [0.05, 0.1) is 53.3 Å². The van der Waals surface area contributed by atoms with Crippen LogP contribution in [0, 0.1) is 23.7 Å². The number of rotatable bonds is 10. The third-order valence-electron chi connectivity index (χ3n) is 14.5. The molecule has 3 amide bonds. The number of anilines is 1. The lowest BCUT2D eigenvalue weighted by Gasteiger charge is -2.41. The summed E-state index contributed by atoms with van der Waals surface area (Å²) < 4.78 is 46.8. The van der Waals surface area contributed by atoms with Crippen LogP contribution >= 0.6 is 0 Å². The number of para-hydroxylation sites is 1. The number of alkyl halides is 2. The number of aromatic nitrogens is 7. The minimum absolute atomic E-state index is 0.00152. The quantitative estimate of drug-likeness (QED) is 0.139. The van der Waals surface area contributed by atoms with E-state index in [1.54, 1.807) is 30.2 Å². The van der Waals surface area contributed by atoms with E-state index in [2.05, 4.69) is 44.5 Å². The van der Waals surface area contributed by atoms with Gasteiger partial charge in [-0.3, -0.25) is 33.5 Å². The molecule has 0 radical (unpaired) electrons. The number of halogens is 2. The van der Waals surface area contributed by atoms with Crippen molar-refractivity contribution in [2.45, 2.75) is 114 Å². The van der Waals surface area contributed by atoms with E-state index in [1.807, 2.05) is 18.2 Å². The van der Waals surface area contributed by atoms with Crippen molar-refractivity contribution < 1.29 is 32.6 Å². The molecule has 3 saturated heterocycles. The Labute approximate surface area is 367 Å². The van der Waals surface area contributed by atoms with E-state index in [0.29, 0.717) is 46.7 Å². The van der Waals surface area contributed by atoms with Crippen molar-refractivity contribution in [1.82, 2.24) is 43.7 Å². The fourth-order valence-corrected chi connectivity index (χ4v) is 11.0. The third-order valence-corrected chi connectivity index (χ3v) is 14.5. The van der Waals surface area contributed by atoms with Gasteiger partial charge in [0.1, 0.15) is 18.2 Å². The molecule has 16 nitrogen and oxygen atoms in total. The molecule has 2 aliphatic carbocycles. The summed E-state index contributed by atoms with van der Waals surface area (Å²) in [4.78, 5) is 58.5. The maximum Gasteiger partial charge on any atom is 0.329 e. The van der Waals surface area contributed by atoms with Gasteiger partial charge in [0.2, 0.25) is 11.8 Å². The molecular formula is C46H52F2N10O6. The highest BCUT2D eigenvalue weighted by atomic mass is 19.3. The predicted molar refractivity (Wildman–Crippen MR) is 230 cm³/mol. The van der Waals surface area contributed by atoms with Gasteiger partial charge in [-0.25, -0.2) is 23.1 Å². The largest absolute Gasteiger partial charge is 0.378 e. The SMILES string of the molecule is CC(C1CCC(n2cc(NC(=O)c3cnn4ccc(C5CC6C[C@@H]5CO6)nc34)c(C(F)F)n2)CC1)N1CCC(OCC#Cc2cccc3c2n(C)c(=O)n3C2CCC(=O)NC2=O)CC1. The van der Waals surface area contributed by atoms with Crippen LogP contribution in [0.5, 0.6) is 0 Å². The monoisotopic (exact) mass is 878 g/mol. The van der Waals surface area contributed by atoms with E-state index < -0.39 is 30.0 Å². The molecule has 4 unspecified atom stereocenters. The topological polar surface area (TPSA) is 172 Å². The lowest BCUT2D eigenvalue weighted by atomic mass is 9.81. The van der Waals surface area contributed by atoms with Crippen molar-refractivity contribution in [3.63, 3.8) is 0 Å². The molecule has 5 fully saturated rings. The first-order valence-electron chi connectivity index (χ1n) is 22.5. The number of imidazole rings is 1. The third kappa shape index (κ3) is 7.91. The molecule has 0 spiro atoms. The van der Waals surface area contributed by atoms with Crippen molar-refractivity contribution in [3.05, 3.63) is 75.9 Å². The molecule has 10 rings (SSSR count). The first kappa shape index (κ1) is 42.2. The highest BCUT2D eigenvalue weighted by Gasteiger charge is 2.42. The van der Waals surface area contributed by atoms with Crippen LogP contribution in [-0.2, 0) is 26.1 Å². The number of hydrogen-bond donors (Lipinski definition) is 2. The van der Waals surface area contributed by atoms with E-state index in [4.69, 9.17) is 14.5 Å². The van der Waals surface area contributed by atoms with Crippen LogP contribution in [0.1, 0.15) is 123 Å². The van der Waals surface area contributed by atoms with Gasteiger partial charge in [0, 0.05) is 56.6 Å². The van der Waals surface area contributed by atoms with Gasteiger partial charge < -0.3 is 19.7 Å². The van der Waals surface area contributed by atoms with E-state index in [0.717, 1.165) is 70.2 Å². The van der Waals surface area contributed by atoms with Gasteiger partial charge in [-0.1, -0.05) is 17.9 Å². The lowest BCUT2D eigenvalue weighted by molar-refractivity contribution is -0.135. The minimum atomic E-state index is -2.86. The molecule has 64 heavy (non-hydrogen) atoms. The zero-order chi connectivity index (χ0) is 44.2. The molecule has 4 aromatic heterocycles. The van der Waals surface area contributed by atoms with Crippen LogP contribution in [0.4, 0.5) is 14.5 Å². The number of hydrogen-bond acceptors (Lipinski definition) is 10. The molecule has 336 valence electrons. The van der Waals surface area contributed by atoms with Gasteiger partial charge in [-0.15, -0.1) is 0 Å². The Morgan fingerprint density at radius 2 is 1.88 bits per heavy atom. The number of fused-ring (bicyclic) bond motifs is 4. The first-order chi connectivity index (χ1) is 31.0. The molecular weight excluding hydrogens is 827 g/mol. The Bertz CT molecular complexity index is 2730. The van der Waals surface area contributed by atoms with Crippen LogP contribution in [-0.4, -0.2) is 101 Å². The van der Waals surface area contributed by atoms with Gasteiger partial charge in [-0.2, -0.15) is 10.2 Å². The van der Waals surface area contributed by atoms with Gasteiger partial charge in [0.25, 0.3) is 12.3 Å². The molecule has 2 saturated carbocycles. The maximum absolute atomic E-state index is 14.3.